The molecule has 0 radical (unpaired) electrons. The molecule has 0 amide bonds. The lowest BCUT2D eigenvalue weighted by atomic mass is 9.78. The molecule has 6 nitrogen and oxygen atoms in total. The van der Waals surface area contributed by atoms with Crippen LogP contribution in [0.5, 0.6) is 0 Å². The molecule has 25 heavy (non-hydrogen) atoms. The SMILES string of the molecule is CCC1(C)CCN(c2cnc3c(-c4ncccc4Cl)[nH]nc3n2)CC1. The van der Waals surface area contributed by atoms with Crippen molar-refractivity contribution in [3.8, 4) is 11.4 Å². The molecule has 0 atom stereocenters. The van der Waals surface area contributed by atoms with E-state index in [0.29, 0.717) is 33.0 Å². The molecule has 0 unspecified atom stereocenters. The fourth-order valence-electron chi connectivity index (χ4n) is 3.30. The quantitative estimate of drug-likeness (QED) is 0.765. The number of rotatable bonds is 3. The zero-order valence-corrected chi connectivity index (χ0v) is 15.2. The molecule has 0 spiro atoms. The Morgan fingerprint density at radius 2 is 2.08 bits per heavy atom. The molecule has 1 aliphatic rings. The first-order chi connectivity index (χ1) is 12.1. The highest BCUT2D eigenvalue weighted by Gasteiger charge is 2.29. The summed E-state index contributed by atoms with van der Waals surface area (Å²) in [5.74, 6) is 0.885. The molecule has 130 valence electrons. The van der Waals surface area contributed by atoms with Crippen LogP contribution in [0.2, 0.25) is 5.02 Å². The topological polar surface area (TPSA) is 70.6 Å². The maximum atomic E-state index is 6.24. The largest absolute Gasteiger partial charge is 0.355 e. The number of pyridine rings is 1. The third-order valence-electron chi connectivity index (χ3n) is 5.40. The van der Waals surface area contributed by atoms with Crippen LogP contribution in [-0.2, 0) is 0 Å². The maximum absolute atomic E-state index is 6.24. The lowest BCUT2D eigenvalue weighted by Gasteiger charge is -2.39. The molecule has 1 saturated heterocycles. The van der Waals surface area contributed by atoms with Crippen LogP contribution >= 0.6 is 11.6 Å². The average Bonchev–Trinajstić information content (AvgIpc) is 3.06. The fourth-order valence-corrected chi connectivity index (χ4v) is 3.52. The minimum absolute atomic E-state index is 0.448. The second-order valence-corrected chi connectivity index (χ2v) is 7.39. The second-order valence-electron chi connectivity index (χ2n) is 6.98. The van der Waals surface area contributed by atoms with Gasteiger partial charge in [-0.1, -0.05) is 31.9 Å². The molecule has 3 aromatic rings. The van der Waals surface area contributed by atoms with Crippen LogP contribution in [0.15, 0.2) is 24.5 Å². The lowest BCUT2D eigenvalue weighted by Crippen LogP contribution is -2.38. The first-order valence-corrected chi connectivity index (χ1v) is 9.04. The van der Waals surface area contributed by atoms with Crippen LogP contribution in [0.3, 0.4) is 0 Å². The number of hydrogen-bond acceptors (Lipinski definition) is 5. The van der Waals surface area contributed by atoms with E-state index in [0.717, 1.165) is 18.9 Å². The molecule has 3 aromatic heterocycles. The molecule has 0 aliphatic carbocycles. The van der Waals surface area contributed by atoms with Gasteiger partial charge >= 0.3 is 0 Å². The van der Waals surface area contributed by atoms with Gasteiger partial charge in [-0.3, -0.25) is 10.1 Å². The molecule has 7 heteroatoms. The predicted molar refractivity (Wildman–Crippen MR) is 99.8 cm³/mol. The summed E-state index contributed by atoms with van der Waals surface area (Å²) in [7, 11) is 0. The number of piperidine rings is 1. The number of nitrogens with zero attached hydrogens (tertiary/aromatic N) is 5. The molecule has 4 rings (SSSR count). The van der Waals surface area contributed by atoms with Gasteiger partial charge in [0.05, 0.1) is 11.2 Å². The van der Waals surface area contributed by atoms with E-state index in [4.69, 9.17) is 16.6 Å². The van der Waals surface area contributed by atoms with Crippen molar-refractivity contribution in [2.45, 2.75) is 33.1 Å². The number of nitrogens with one attached hydrogen (secondary N) is 1. The van der Waals surface area contributed by atoms with Crippen molar-refractivity contribution in [1.29, 1.82) is 0 Å². The third-order valence-corrected chi connectivity index (χ3v) is 5.70. The van der Waals surface area contributed by atoms with Crippen molar-refractivity contribution in [2.24, 2.45) is 5.41 Å². The summed E-state index contributed by atoms with van der Waals surface area (Å²) in [6.07, 6.45) is 7.11. The lowest BCUT2D eigenvalue weighted by molar-refractivity contribution is 0.238. The standard InChI is InChI=1S/C18H21ClN6/c1-3-18(2)6-9-25(10-7-18)13-11-21-16-15(23-24-17(16)22-13)14-12(19)5-4-8-20-14/h4-5,8,11H,3,6-7,9-10H2,1-2H3,(H,22,23,24). The summed E-state index contributed by atoms with van der Waals surface area (Å²) in [6.45, 7) is 6.66. The highest BCUT2D eigenvalue weighted by molar-refractivity contribution is 6.33. The van der Waals surface area contributed by atoms with Gasteiger partial charge in [-0.15, -0.1) is 0 Å². The van der Waals surface area contributed by atoms with Gasteiger partial charge in [0.15, 0.2) is 0 Å². The van der Waals surface area contributed by atoms with Gasteiger partial charge in [-0.2, -0.15) is 5.10 Å². The highest BCUT2D eigenvalue weighted by Crippen LogP contribution is 2.35. The van der Waals surface area contributed by atoms with Crippen molar-refractivity contribution < 1.29 is 0 Å². The Labute approximate surface area is 151 Å². The van der Waals surface area contributed by atoms with E-state index in [9.17, 15) is 0 Å². The summed E-state index contributed by atoms with van der Waals surface area (Å²) in [6, 6.07) is 3.60. The summed E-state index contributed by atoms with van der Waals surface area (Å²) < 4.78 is 0. The van der Waals surface area contributed by atoms with E-state index >= 15 is 0 Å². The molecular formula is C18H21ClN6. The van der Waals surface area contributed by atoms with Crippen LogP contribution in [0.4, 0.5) is 5.82 Å². The minimum atomic E-state index is 0.448. The Hall–Kier alpha value is -2.21. The van der Waals surface area contributed by atoms with Crippen LogP contribution in [0.1, 0.15) is 33.1 Å². The molecule has 1 N–H and O–H groups in total. The van der Waals surface area contributed by atoms with Crippen molar-refractivity contribution in [3.05, 3.63) is 29.5 Å². The molecule has 0 saturated carbocycles. The zero-order valence-electron chi connectivity index (χ0n) is 14.5. The Morgan fingerprint density at radius 3 is 2.80 bits per heavy atom. The van der Waals surface area contributed by atoms with E-state index in [1.54, 1.807) is 18.3 Å². The minimum Gasteiger partial charge on any atom is -0.355 e. The number of halogens is 1. The summed E-state index contributed by atoms with van der Waals surface area (Å²) >= 11 is 6.24. The van der Waals surface area contributed by atoms with Crippen molar-refractivity contribution >= 4 is 28.6 Å². The number of hydrogen-bond donors (Lipinski definition) is 1. The third kappa shape index (κ3) is 2.95. The normalized spacial score (nSPS) is 17.2. The van der Waals surface area contributed by atoms with E-state index in [2.05, 4.69) is 38.9 Å². The summed E-state index contributed by atoms with van der Waals surface area (Å²) in [5, 5.41) is 7.86. The number of fused-ring (bicyclic) bond motifs is 1. The zero-order chi connectivity index (χ0) is 17.4. The number of anilines is 1. The highest BCUT2D eigenvalue weighted by atomic mass is 35.5. The monoisotopic (exact) mass is 356 g/mol. The number of aromatic amines is 1. The van der Waals surface area contributed by atoms with Crippen LogP contribution in [-0.4, -0.2) is 38.2 Å². The first kappa shape index (κ1) is 16.3. The molecule has 1 aliphatic heterocycles. The molecular weight excluding hydrogens is 336 g/mol. The van der Waals surface area contributed by atoms with Gasteiger partial charge < -0.3 is 4.90 Å². The molecule has 0 aromatic carbocycles. The maximum Gasteiger partial charge on any atom is 0.202 e. The Morgan fingerprint density at radius 1 is 1.28 bits per heavy atom. The van der Waals surface area contributed by atoms with Gasteiger partial charge in [-0.05, 0) is 30.4 Å². The van der Waals surface area contributed by atoms with Gasteiger partial charge in [0, 0.05) is 19.3 Å². The van der Waals surface area contributed by atoms with E-state index in [-0.39, 0.29) is 0 Å². The van der Waals surface area contributed by atoms with Gasteiger partial charge in [0.25, 0.3) is 0 Å². The van der Waals surface area contributed by atoms with Crippen LogP contribution in [0, 0.1) is 5.41 Å². The Balaban J connectivity index is 1.64. The predicted octanol–water partition coefficient (Wildman–Crippen LogP) is 4.08. The van der Waals surface area contributed by atoms with Gasteiger partial charge in [0.2, 0.25) is 5.65 Å². The Kier molecular flexibility index (Phi) is 4.07. The van der Waals surface area contributed by atoms with Crippen LogP contribution in [0.25, 0.3) is 22.6 Å². The van der Waals surface area contributed by atoms with Crippen molar-refractivity contribution in [2.75, 3.05) is 18.0 Å². The first-order valence-electron chi connectivity index (χ1n) is 8.66. The van der Waals surface area contributed by atoms with E-state index in [1.165, 1.54) is 19.3 Å². The van der Waals surface area contributed by atoms with E-state index in [1.807, 2.05) is 6.20 Å². The van der Waals surface area contributed by atoms with Gasteiger partial charge in [0.1, 0.15) is 22.7 Å². The van der Waals surface area contributed by atoms with E-state index < -0.39 is 0 Å². The molecule has 0 bridgehead atoms. The van der Waals surface area contributed by atoms with Crippen LogP contribution < -0.4 is 4.90 Å². The molecule has 4 heterocycles. The summed E-state index contributed by atoms with van der Waals surface area (Å²) in [4.78, 5) is 15.9. The van der Waals surface area contributed by atoms with Crippen molar-refractivity contribution in [3.63, 3.8) is 0 Å². The second kappa shape index (κ2) is 6.26. The summed E-state index contributed by atoms with van der Waals surface area (Å²) in [5.41, 5.74) is 3.09. The molecule has 1 fully saturated rings. The fraction of sp³-hybridized carbons (Fsp3) is 0.444. The van der Waals surface area contributed by atoms with Gasteiger partial charge in [-0.25, -0.2) is 9.97 Å². The number of H-pyrrole nitrogens is 1. The number of aromatic nitrogens is 5. The van der Waals surface area contributed by atoms with Crippen molar-refractivity contribution in [1.82, 2.24) is 25.1 Å². The smallest absolute Gasteiger partial charge is 0.202 e. The Bertz CT molecular complexity index is 897. The average molecular weight is 357 g/mol.